The Morgan fingerprint density at radius 2 is 1.89 bits per heavy atom. The van der Waals surface area contributed by atoms with Gasteiger partial charge in [-0.2, -0.15) is 0 Å². The van der Waals surface area contributed by atoms with Crippen molar-refractivity contribution in [2.45, 2.75) is 11.9 Å². The predicted molar refractivity (Wildman–Crippen MR) is 78.1 cm³/mol. The zero-order valence-corrected chi connectivity index (χ0v) is 12.2. The van der Waals surface area contributed by atoms with Gasteiger partial charge in [-0.3, -0.25) is 0 Å². The highest BCUT2D eigenvalue weighted by Crippen LogP contribution is 2.29. The van der Waals surface area contributed by atoms with Gasteiger partial charge < -0.3 is 14.6 Å². The average Bonchev–Trinajstić information content (AvgIpc) is 2.45. The first-order chi connectivity index (χ1) is 9.22. The van der Waals surface area contributed by atoms with Gasteiger partial charge >= 0.3 is 0 Å². The Balaban J connectivity index is 2.11. The van der Waals surface area contributed by atoms with Crippen molar-refractivity contribution < 1.29 is 14.6 Å². The van der Waals surface area contributed by atoms with Crippen LogP contribution in [-0.2, 0) is 11.9 Å². The first-order valence-corrected chi connectivity index (χ1v) is 6.98. The SMILES string of the molecule is COc1cc(CBr)ccc1OCc1cccc(O)c1. The van der Waals surface area contributed by atoms with E-state index >= 15 is 0 Å². The van der Waals surface area contributed by atoms with Gasteiger partial charge in [0.15, 0.2) is 11.5 Å². The molecule has 0 unspecified atom stereocenters. The van der Waals surface area contributed by atoms with Gasteiger partial charge in [-0.1, -0.05) is 34.1 Å². The van der Waals surface area contributed by atoms with Crippen LogP contribution in [0.2, 0.25) is 0 Å². The van der Waals surface area contributed by atoms with Gasteiger partial charge in [-0.15, -0.1) is 0 Å². The van der Waals surface area contributed by atoms with Crippen molar-refractivity contribution in [3.8, 4) is 17.2 Å². The van der Waals surface area contributed by atoms with E-state index in [-0.39, 0.29) is 5.75 Å². The summed E-state index contributed by atoms with van der Waals surface area (Å²) in [7, 11) is 1.62. The molecule has 0 aliphatic carbocycles. The second-order valence-electron chi connectivity index (χ2n) is 4.08. The van der Waals surface area contributed by atoms with Gasteiger partial charge in [0.2, 0.25) is 0 Å². The van der Waals surface area contributed by atoms with Crippen LogP contribution in [0.5, 0.6) is 17.2 Å². The number of halogens is 1. The van der Waals surface area contributed by atoms with E-state index in [4.69, 9.17) is 9.47 Å². The first kappa shape index (κ1) is 13.7. The summed E-state index contributed by atoms with van der Waals surface area (Å²) < 4.78 is 11.0. The third-order valence-electron chi connectivity index (χ3n) is 2.69. The zero-order chi connectivity index (χ0) is 13.7. The highest BCUT2D eigenvalue weighted by Gasteiger charge is 2.06. The number of benzene rings is 2. The van der Waals surface area contributed by atoms with E-state index in [1.807, 2.05) is 24.3 Å². The van der Waals surface area contributed by atoms with Crippen molar-refractivity contribution in [3.05, 3.63) is 53.6 Å². The summed E-state index contributed by atoms with van der Waals surface area (Å²) in [5.41, 5.74) is 2.04. The smallest absolute Gasteiger partial charge is 0.161 e. The third-order valence-corrected chi connectivity index (χ3v) is 3.33. The number of phenols is 1. The summed E-state index contributed by atoms with van der Waals surface area (Å²) in [4.78, 5) is 0. The minimum atomic E-state index is 0.239. The van der Waals surface area contributed by atoms with Crippen LogP contribution >= 0.6 is 15.9 Å². The maximum atomic E-state index is 9.39. The molecule has 1 N–H and O–H groups in total. The molecule has 2 rings (SSSR count). The van der Waals surface area contributed by atoms with Crippen molar-refractivity contribution in [2.24, 2.45) is 0 Å². The van der Waals surface area contributed by atoms with Crippen molar-refractivity contribution in [2.75, 3.05) is 7.11 Å². The van der Waals surface area contributed by atoms with Crippen LogP contribution in [-0.4, -0.2) is 12.2 Å². The monoisotopic (exact) mass is 322 g/mol. The van der Waals surface area contributed by atoms with Crippen LogP contribution < -0.4 is 9.47 Å². The lowest BCUT2D eigenvalue weighted by atomic mass is 10.2. The normalized spacial score (nSPS) is 10.2. The Hall–Kier alpha value is -1.68. The second kappa shape index (κ2) is 6.48. The Morgan fingerprint density at radius 1 is 1.05 bits per heavy atom. The number of rotatable bonds is 5. The lowest BCUT2D eigenvalue weighted by Gasteiger charge is -2.11. The quantitative estimate of drug-likeness (QED) is 0.849. The van der Waals surface area contributed by atoms with Gasteiger partial charge in [0, 0.05) is 5.33 Å². The van der Waals surface area contributed by atoms with E-state index in [1.54, 1.807) is 25.3 Å². The van der Waals surface area contributed by atoms with Crippen LogP contribution in [0, 0.1) is 0 Å². The molecular weight excluding hydrogens is 308 g/mol. The molecule has 0 amide bonds. The van der Waals surface area contributed by atoms with Gasteiger partial charge in [0.05, 0.1) is 7.11 Å². The molecule has 4 heteroatoms. The fraction of sp³-hybridized carbons (Fsp3) is 0.200. The molecule has 0 bridgehead atoms. The van der Waals surface area contributed by atoms with Crippen LogP contribution in [0.15, 0.2) is 42.5 Å². The minimum Gasteiger partial charge on any atom is -0.508 e. The van der Waals surface area contributed by atoms with Gasteiger partial charge in [-0.05, 0) is 35.4 Å². The van der Waals surface area contributed by atoms with Gasteiger partial charge in [0.25, 0.3) is 0 Å². The maximum absolute atomic E-state index is 9.39. The molecule has 19 heavy (non-hydrogen) atoms. The minimum absolute atomic E-state index is 0.239. The maximum Gasteiger partial charge on any atom is 0.161 e. The summed E-state index contributed by atoms with van der Waals surface area (Å²) in [6, 6.07) is 12.8. The molecule has 0 atom stereocenters. The topological polar surface area (TPSA) is 38.7 Å². The molecule has 2 aromatic carbocycles. The van der Waals surface area contributed by atoms with E-state index in [9.17, 15) is 5.11 Å². The third kappa shape index (κ3) is 3.64. The number of hydrogen-bond acceptors (Lipinski definition) is 3. The Kier molecular flexibility index (Phi) is 4.68. The van der Waals surface area contributed by atoms with Crippen LogP contribution in [0.1, 0.15) is 11.1 Å². The van der Waals surface area contributed by atoms with E-state index in [0.717, 1.165) is 16.5 Å². The molecule has 2 aromatic rings. The molecule has 0 radical (unpaired) electrons. The number of ether oxygens (including phenoxy) is 2. The molecule has 0 spiro atoms. The fourth-order valence-electron chi connectivity index (χ4n) is 1.72. The molecule has 0 heterocycles. The van der Waals surface area contributed by atoms with E-state index in [0.29, 0.717) is 18.1 Å². The van der Waals surface area contributed by atoms with Gasteiger partial charge in [0.1, 0.15) is 12.4 Å². The Labute approximate surface area is 120 Å². The van der Waals surface area contributed by atoms with Crippen molar-refractivity contribution in [3.63, 3.8) is 0 Å². The summed E-state index contributed by atoms with van der Waals surface area (Å²) in [5.74, 6) is 1.63. The standard InChI is InChI=1S/C15H15BrO3/c1-18-15-8-11(9-16)5-6-14(15)19-10-12-3-2-4-13(17)7-12/h2-8,17H,9-10H2,1H3. The molecule has 0 saturated carbocycles. The molecular formula is C15H15BrO3. The molecule has 100 valence electrons. The summed E-state index contributed by atoms with van der Waals surface area (Å²) >= 11 is 3.40. The van der Waals surface area contributed by atoms with Crippen LogP contribution in [0.3, 0.4) is 0 Å². The Morgan fingerprint density at radius 3 is 2.58 bits per heavy atom. The summed E-state index contributed by atoms with van der Waals surface area (Å²) in [5, 5.41) is 10.2. The van der Waals surface area contributed by atoms with Gasteiger partial charge in [-0.25, -0.2) is 0 Å². The first-order valence-electron chi connectivity index (χ1n) is 5.86. The zero-order valence-electron chi connectivity index (χ0n) is 10.6. The highest BCUT2D eigenvalue weighted by atomic mass is 79.9. The number of aromatic hydroxyl groups is 1. The van der Waals surface area contributed by atoms with Crippen molar-refractivity contribution in [1.82, 2.24) is 0 Å². The lowest BCUT2D eigenvalue weighted by Crippen LogP contribution is -1.98. The van der Waals surface area contributed by atoms with Crippen molar-refractivity contribution in [1.29, 1.82) is 0 Å². The molecule has 0 aliphatic heterocycles. The second-order valence-corrected chi connectivity index (χ2v) is 4.64. The number of phenolic OH excluding ortho intramolecular Hbond substituents is 1. The average molecular weight is 323 g/mol. The largest absolute Gasteiger partial charge is 0.508 e. The molecule has 0 saturated heterocycles. The molecule has 0 fully saturated rings. The van der Waals surface area contributed by atoms with Crippen molar-refractivity contribution >= 4 is 15.9 Å². The summed E-state index contributed by atoms with van der Waals surface area (Å²) in [6.45, 7) is 0.387. The van der Waals surface area contributed by atoms with Crippen LogP contribution in [0.25, 0.3) is 0 Å². The fourth-order valence-corrected chi connectivity index (χ4v) is 2.07. The highest BCUT2D eigenvalue weighted by molar-refractivity contribution is 9.08. The molecule has 0 aromatic heterocycles. The predicted octanol–water partition coefficient (Wildman–Crippen LogP) is 3.87. The van der Waals surface area contributed by atoms with Crippen LogP contribution in [0.4, 0.5) is 0 Å². The number of methoxy groups -OCH3 is 1. The van der Waals surface area contributed by atoms with E-state index < -0.39 is 0 Å². The lowest BCUT2D eigenvalue weighted by molar-refractivity contribution is 0.284. The molecule has 0 aliphatic rings. The Bertz CT molecular complexity index is 555. The van der Waals surface area contributed by atoms with E-state index in [1.165, 1.54) is 0 Å². The number of hydrogen-bond donors (Lipinski definition) is 1. The summed E-state index contributed by atoms with van der Waals surface area (Å²) in [6.07, 6.45) is 0. The number of alkyl halides is 1. The molecule has 3 nitrogen and oxygen atoms in total. The van der Waals surface area contributed by atoms with E-state index in [2.05, 4.69) is 15.9 Å².